The first-order valence-electron chi connectivity index (χ1n) is 7.29. The summed E-state index contributed by atoms with van der Waals surface area (Å²) in [5.41, 5.74) is 1.35. The molecule has 2 aromatic rings. The summed E-state index contributed by atoms with van der Waals surface area (Å²) in [4.78, 5) is 12.2. The van der Waals surface area contributed by atoms with Crippen LogP contribution in [0.4, 0.5) is 0 Å². The van der Waals surface area contributed by atoms with Gasteiger partial charge in [-0.1, -0.05) is 6.08 Å². The van der Waals surface area contributed by atoms with Crippen LogP contribution in [0.2, 0.25) is 0 Å². The van der Waals surface area contributed by atoms with E-state index in [4.69, 9.17) is 18.9 Å². The van der Waals surface area contributed by atoms with Crippen molar-refractivity contribution in [3.63, 3.8) is 0 Å². The molecule has 0 aromatic heterocycles. The molecule has 2 aromatic carbocycles. The Hall–Kier alpha value is -2.95. The number of allylic oxidation sites excluding steroid dienone is 1. The Bertz CT molecular complexity index is 707. The minimum absolute atomic E-state index is 0.105. The fourth-order valence-corrected chi connectivity index (χ4v) is 2.22. The largest absolute Gasteiger partial charge is 0.497 e. The molecule has 0 saturated carbocycles. The molecule has 24 heavy (non-hydrogen) atoms. The van der Waals surface area contributed by atoms with Crippen LogP contribution in [-0.4, -0.2) is 34.2 Å². The van der Waals surface area contributed by atoms with Gasteiger partial charge in [-0.05, 0) is 48.0 Å². The molecule has 0 aliphatic carbocycles. The number of methoxy groups -OCH3 is 4. The molecule has 0 aliphatic rings. The monoisotopic (exact) mass is 328 g/mol. The summed E-state index contributed by atoms with van der Waals surface area (Å²) < 4.78 is 21.0. The lowest BCUT2D eigenvalue weighted by atomic mass is 10.1. The fraction of sp³-hybridized carbons (Fsp3) is 0.211. The highest BCUT2D eigenvalue weighted by Crippen LogP contribution is 2.38. The van der Waals surface area contributed by atoms with Crippen molar-refractivity contribution in [2.75, 3.05) is 28.4 Å². The van der Waals surface area contributed by atoms with Crippen molar-refractivity contribution in [3.05, 3.63) is 53.6 Å². The summed E-state index contributed by atoms with van der Waals surface area (Å²) in [7, 11) is 6.23. The fourth-order valence-electron chi connectivity index (χ4n) is 2.22. The second kappa shape index (κ2) is 8.06. The molecule has 0 heterocycles. The molecule has 0 fully saturated rings. The zero-order valence-electron chi connectivity index (χ0n) is 14.2. The van der Waals surface area contributed by atoms with Gasteiger partial charge in [0.15, 0.2) is 17.3 Å². The van der Waals surface area contributed by atoms with Crippen LogP contribution in [0.3, 0.4) is 0 Å². The van der Waals surface area contributed by atoms with Crippen LogP contribution >= 0.6 is 0 Å². The molecule has 0 bridgehead atoms. The Morgan fingerprint density at radius 3 is 1.88 bits per heavy atom. The second-order valence-corrected chi connectivity index (χ2v) is 4.88. The van der Waals surface area contributed by atoms with E-state index < -0.39 is 0 Å². The van der Waals surface area contributed by atoms with Crippen LogP contribution in [0.25, 0.3) is 6.08 Å². The second-order valence-electron chi connectivity index (χ2n) is 4.88. The predicted molar refractivity (Wildman–Crippen MR) is 92.5 cm³/mol. The molecular formula is C19H20O5. The summed E-state index contributed by atoms with van der Waals surface area (Å²) in [5, 5.41) is 0. The minimum Gasteiger partial charge on any atom is -0.497 e. The van der Waals surface area contributed by atoms with Gasteiger partial charge in [-0.2, -0.15) is 0 Å². The Labute approximate surface area is 141 Å². The van der Waals surface area contributed by atoms with Gasteiger partial charge < -0.3 is 18.9 Å². The van der Waals surface area contributed by atoms with Crippen molar-refractivity contribution in [2.24, 2.45) is 0 Å². The molecule has 0 atom stereocenters. The number of rotatable bonds is 7. The van der Waals surface area contributed by atoms with Crippen molar-refractivity contribution in [2.45, 2.75) is 0 Å². The molecule has 0 saturated heterocycles. The molecule has 0 N–H and O–H groups in total. The summed E-state index contributed by atoms with van der Waals surface area (Å²) in [5.74, 6) is 2.19. The SMILES string of the molecule is COc1ccc(C(=O)/C=C\c2cc(OC)c(OC)c(OC)c2)cc1. The summed E-state index contributed by atoms with van der Waals surface area (Å²) in [6.07, 6.45) is 3.21. The smallest absolute Gasteiger partial charge is 0.203 e. The first-order valence-corrected chi connectivity index (χ1v) is 7.29. The molecule has 5 heteroatoms. The first-order chi connectivity index (χ1) is 11.6. The topological polar surface area (TPSA) is 54.0 Å². The number of benzene rings is 2. The van der Waals surface area contributed by atoms with Gasteiger partial charge in [0.05, 0.1) is 28.4 Å². The van der Waals surface area contributed by atoms with Crippen LogP contribution < -0.4 is 18.9 Å². The van der Waals surface area contributed by atoms with Gasteiger partial charge in [0, 0.05) is 5.56 Å². The highest BCUT2D eigenvalue weighted by Gasteiger charge is 2.12. The summed E-state index contributed by atoms with van der Waals surface area (Å²) in [6, 6.07) is 10.5. The maximum atomic E-state index is 12.2. The molecule has 5 nitrogen and oxygen atoms in total. The first kappa shape index (κ1) is 17.4. The van der Waals surface area contributed by atoms with Gasteiger partial charge in [-0.3, -0.25) is 4.79 Å². The zero-order valence-corrected chi connectivity index (χ0v) is 14.2. The third kappa shape index (κ3) is 3.87. The maximum absolute atomic E-state index is 12.2. The van der Waals surface area contributed by atoms with Crippen molar-refractivity contribution in [3.8, 4) is 23.0 Å². The highest BCUT2D eigenvalue weighted by molar-refractivity contribution is 6.06. The van der Waals surface area contributed by atoms with Crippen LogP contribution in [0, 0.1) is 0 Å². The summed E-state index contributed by atoms with van der Waals surface area (Å²) >= 11 is 0. The quantitative estimate of drug-likeness (QED) is 0.574. The lowest BCUT2D eigenvalue weighted by Crippen LogP contribution is -1.96. The van der Waals surface area contributed by atoms with Crippen molar-refractivity contribution in [1.29, 1.82) is 0 Å². The lowest BCUT2D eigenvalue weighted by molar-refractivity contribution is 0.104. The van der Waals surface area contributed by atoms with Gasteiger partial charge in [0.1, 0.15) is 5.75 Å². The third-order valence-corrected chi connectivity index (χ3v) is 3.49. The molecule has 126 valence electrons. The average Bonchev–Trinajstić information content (AvgIpc) is 2.65. The average molecular weight is 328 g/mol. The third-order valence-electron chi connectivity index (χ3n) is 3.49. The Kier molecular flexibility index (Phi) is 5.84. The maximum Gasteiger partial charge on any atom is 0.203 e. The molecule has 0 radical (unpaired) electrons. The van der Waals surface area contributed by atoms with E-state index in [0.29, 0.717) is 28.6 Å². The summed E-state index contributed by atoms with van der Waals surface area (Å²) in [6.45, 7) is 0. The normalized spacial score (nSPS) is 10.5. The van der Waals surface area contributed by atoms with Crippen LogP contribution in [0.15, 0.2) is 42.5 Å². The van der Waals surface area contributed by atoms with Crippen LogP contribution in [0.5, 0.6) is 23.0 Å². The van der Waals surface area contributed by atoms with E-state index in [9.17, 15) is 4.79 Å². The van der Waals surface area contributed by atoms with E-state index in [2.05, 4.69) is 0 Å². The number of carbonyl (C=O) groups is 1. The zero-order chi connectivity index (χ0) is 17.5. The van der Waals surface area contributed by atoms with Gasteiger partial charge in [-0.25, -0.2) is 0 Å². The molecule has 0 aliphatic heterocycles. The van der Waals surface area contributed by atoms with Crippen LogP contribution in [0.1, 0.15) is 15.9 Å². The molecule has 0 unspecified atom stereocenters. The van der Waals surface area contributed by atoms with Crippen molar-refractivity contribution >= 4 is 11.9 Å². The number of ketones is 1. The molecular weight excluding hydrogens is 308 g/mol. The highest BCUT2D eigenvalue weighted by atomic mass is 16.5. The van der Waals surface area contributed by atoms with E-state index >= 15 is 0 Å². The lowest BCUT2D eigenvalue weighted by Gasteiger charge is -2.12. The number of hydrogen-bond acceptors (Lipinski definition) is 5. The molecule has 2 rings (SSSR count). The standard InChI is InChI=1S/C19H20O5/c1-21-15-8-6-14(7-9-15)16(20)10-5-13-11-17(22-2)19(24-4)18(12-13)23-3/h5-12H,1-4H3/b10-5-. The van der Waals surface area contributed by atoms with Gasteiger partial charge in [0.25, 0.3) is 0 Å². The molecule has 0 spiro atoms. The van der Waals surface area contributed by atoms with E-state index in [0.717, 1.165) is 5.56 Å². The van der Waals surface area contributed by atoms with Gasteiger partial charge >= 0.3 is 0 Å². The minimum atomic E-state index is -0.105. The Morgan fingerprint density at radius 2 is 1.42 bits per heavy atom. The number of hydrogen-bond donors (Lipinski definition) is 0. The van der Waals surface area contributed by atoms with Gasteiger partial charge in [0.2, 0.25) is 5.75 Å². The Morgan fingerprint density at radius 1 is 0.833 bits per heavy atom. The number of carbonyl (C=O) groups excluding carboxylic acids is 1. The van der Waals surface area contributed by atoms with Gasteiger partial charge in [-0.15, -0.1) is 0 Å². The predicted octanol–water partition coefficient (Wildman–Crippen LogP) is 3.62. The van der Waals surface area contributed by atoms with E-state index in [-0.39, 0.29) is 5.78 Å². The van der Waals surface area contributed by atoms with Crippen molar-refractivity contribution < 1.29 is 23.7 Å². The van der Waals surface area contributed by atoms with Crippen LogP contribution in [-0.2, 0) is 0 Å². The van der Waals surface area contributed by atoms with E-state index in [1.807, 2.05) is 0 Å². The van der Waals surface area contributed by atoms with E-state index in [1.165, 1.54) is 6.08 Å². The molecule has 0 amide bonds. The Balaban J connectivity index is 2.25. The van der Waals surface area contributed by atoms with Crippen molar-refractivity contribution in [1.82, 2.24) is 0 Å². The van der Waals surface area contributed by atoms with E-state index in [1.54, 1.807) is 70.9 Å². The number of ether oxygens (including phenoxy) is 4.